The third-order valence-corrected chi connectivity index (χ3v) is 5.92. The monoisotopic (exact) mass is 438 g/mol. The number of cyclic esters (lactones) is 4. The Hall–Kier alpha value is -1.72. The number of carbonyl (C=O) groups excluding carboxylic acids is 4. The van der Waals surface area contributed by atoms with Crippen molar-refractivity contribution in [2.24, 2.45) is 35.0 Å². The minimum Gasteiger partial charge on any atom is -0.393 e. The quantitative estimate of drug-likeness (QED) is 0.255. The highest BCUT2D eigenvalue weighted by molar-refractivity contribution is 5.99. The fourth-order valence-corrected chi connectivity index (χ4v) is 4.80. The summed E-state index contributed by atoms with van der Waals surface area (Å²) in [4.78, 5) is 46.0. The molecule has 2 aliphatic heterocycles. The molecule has 0 amide bonds. The van der Waals surface area contributed by atoms with Gasteiger partial charge in [0, 0.05) is 0 Å². The summed E-state index contributed by atoms with van der Waals surface area (Å²) in [7, 11) is 0. The first-order chi connectivity index (χ1) is 14.4. The number of hydrogen-bond donors (Lipinski definition) is 0. The molecule has 0 saturated carbocycles. The van der Waals surface area contributed by atoms with Crippen LogP contribution < -0.4 is 0 Å². The normalized spacial score (nSPS) is 22.8. The Balaban J connectivity index is 0.000000343. The van der Waals surface area contributed by atoms with Gasteiger partial charge in [0.15, 0.2) is 0 Å². The lowest BCUT2D eigenvalue weighted by Gasteiger charge is -2.33. The van der Waals surface area contributed by atoms with E-state index < -0.39 is 5.41 Å². The first-order valence-electron chi connectivity index (χ1n) is 11.9. The molecule has 31 heavy (non-hydrogen) atoms. The highest BCUT2D eigenvalue weighted by Crippen LogP contribution is 2.49. The maximum Gasteiger partial charge on any atom is 0.320 e. The van der Waals surface area contributed by atoms with Crippen LogP contribution in [-0.4, -0.2) is 23.9 Å². The van der Waals surface area contributed by atoms with Gasteiger partial charge in [-0.2, -0.15) is 0 Å². The predicted octanol–water partition coefficient (Wildman–Crippen LogP) is 5.47. The van der Waals surface area contributed by atoms with Gasteiger partial charge in [-0.25, -0.2) is 0 Å². The van der Waals surface area contributed by atoms with Crippen molar-refractivity contribution in [3.63, 3.8) is 0 Å². The molecule has 0 aromatic heterocycles. The molecular formula is C25H42O6. The van der Waals surface area contributed by atoms with Gasteiger partial charge in [-0.1, -0.05) is 67.7 Å². The van der Waals surface area contributed by atoms with E-state index in [2.05, 4.69) is 53.2 Å². The molecule has 6 heteroatoms. The Kier molecular flexibility index (Phi) is 10.9. The van der Waals surface area contributed by atoms with Gasteiger partial charge in [0.1, 0.15) is 0 Å². The first kappa shape index (κ1) is 27.3. The second-order valence-electron chi connectivity index (χ2n) is 10.4. The van der Waals surface area contributed by atoms with E-state index in [1.54, 1.807) is 0 Å². The Labute approximate surface area is 187 Å². The Bertz CT molecular complexity index is 624. The summed E-state index contributed by atoms with van der Waals surface area (Å²) in [6, 6.07) is 0. The summed E-state index contributed by atoms with van der Waals surface area (Å²) >= 11 is 0. The largest absolute Gasteiger partial charge is 0.393 e. The topological polar surface area (TPSA) is 86.7 Å². The van der Waals surface area contributed by atoms with E-state index in [0.29, 0.717) is 24.2 Å². The number of esters is 4. The molecule has 0 bridgehead atoms. The van der Waals surface area contributed by atoms with Crippen molar-refractivity contribution < 1.29 is 28.7 Å². The zero-order chi connectivity index (χ0) is 23.8. The van der Waals surface area contributed by atoms with Crippen LogP contribution in [0.2, 0.25) is 0 Å². The molecule has 0 aliphatic carbocycles. The Morgan fingerprint density at radius 3 is 1.84 bits per heavy atom. The van der Waals surface area contributed by atoms with Gasteiger partial charge in [-0.05, 0) is 43.4 Å². The summed E-state index contributed by atoms with van der Waals surface area (Å²) in [5.74, 6) is -0.530. The maximum atomic E-state index is 12.3. The summed E-state index contributed by atoms with van der Waals surface area (Å²) in [6.45, 7) is 14.7. The molecule has 2 heterocycles. The fourth-order valence-electron chi connectivity index (χ4n) is 4.80. The van der Waals surface area contributed by atoms with Gasteiger partial charge in [0.05, 0.1) is 23.7 Å². The minimum atomic E-state index is -0.594. The average Bonchev–Trinajstić information content (AvgIpc) is 3.05. The zero-order valence-corrected chi connectivity index (χ0v) is 20.5. The molecule has 6 nitrogen and oxygen atoms in total. The predicted molar refractivity (Wildman–Crippen MR) is 119 cm³/mol. The maximum absolute atomic E-state index is 12.3. The van der Waals surface area contributed by atoms with Gasteiger partial charge in [0.2, 0.25) is 0 Å². The second-order valence-corrected chi connectivity index (χ2v) is 10.4. The van der Waals surface area contributed by atoms with Gasteiger partial charge >= 0.3 is 23.9 Å². The van der Waals surface area contributed by atoms with Crippen LogP contribution in [0.3, 0.4) is 0 Å². The average molecular weight is 439 g/mol. The van der Waals surface area contributed by atoms with Crippen LogP contribution in [0.1, 0.15) is 99.8 Å². The van der Waals surface area contributed by atoms with Crippen molar-refractivity contribution in [3.05, 3.63) is 0 Å². The van der Waals surface area contributed by atoms with Gasteiger partial charge in [-0.3, -0.25) is 19.2 Å². The molecule has 2 aliphatic rings. The van der Waals surface area contributed by atoms with Crippen molar-refractivity contribution in [2.75, 3.05) is 0 Å². The van der Waals surface area contributed by atoms with Crippen LogP contribution >= 0.6 is 0 Å². The van der Waals surface area contributed by atoms with Crippen LogP contribution in [0, 0.1) is 35.0 Å². The van der Waals surface area contributed by atoms with Crippen molar-refractivity contribution >= 4 is 23.9 Å². The van der Waals surface area contributed by atoms with E-state index in [9.17, 15) is 19.2 Å². The molecule has 0 N–H and O–H groups in total. The summed E-state index contributed by atoms with van der Waals surface area (Å²) in [5.41, 5.74) is -0.594. The molecule has 2 atom stereocenters. The van der Waals surface area contributed by atoms with E-state index in [1.165, 1.54) is 0 Å². The van der Waals surface area contributed by atoms with E-state index in [1.807, 2.05) is 0 Å². The molecule has 2 fully saturated rings. The number of unbranched alkanes of at least 4 members (excludes halogenated alkanes) is 2. The first-order valence-corrected chi connectivity index (χ1v) is 11.9. The molecular weight excluding hydrogens is 396 g/mol. The molecule has 0 spiro atoms. The highest BCUT2D eigenvalue weighted by Gasteiger charge is 2.57. The molecule has 0 radical (unpaired) electrons. The molecule has 0 aromatic carbocycles. The summed E-state index contributed by atoms with van der Waals surface area (Å²) in [6.07, 6.45) is 6.60. The van der Waals surface area contributed by atoms with E-state index in [-0.39, 0.29) is 35.7 Å². The standard InChI is InChI=1S/C16H28O3.C9H14O3/c1-10(2)7-13-14(17)19-15(18)16(13,8-11(3)4)9-12(5)6;1-2-3-4-5-7-6-8(10)12-9(7)11/h10-13H,7-9H2,1-6H3;7H,2-6H2,1H3. The highest BCUT2D eigenvalue weighted by atomic mass is 16.6. The van der Waals surface area contributed by atoms with Crippen molar-refractivity contribution in [3.8, 4) is 0 Å². The van der Waals surface area contributed by atoms with Crippen molar-refractivity contribution in [1.29, 1.82) is 0 Å². The van der Waals surface area contributed by atoms with Crippen LogP contribution in [0.25, 0.3) is 0 Å². The van der Waals surface area contributed by atoms with Crippen LogP contribution in [-0.2, 0) is 28.7 Å². The molecule has 2 rings (SSSR count). The van der Waals surface area contributed by atoms with Crippen LogP contribution in [0.5, 0.6) is 0 Å². The molecule has 2 unspecified atom stereocenters. The van der Waals surface area contributed by atoms with Gasteiger partial charge in [0.25, 0.3) is 0 Å². The van der Waals surface area contributed by atoms with Crippen molar-refractivity contribution in [1.82, 2.24) is 0 Å². The number of rotatable bonds is 10. The lowest BCUT2D eigenvalue weighted by Crippen LogP contribution is -2.37. The lowest BCUT2D eigenvalue weighted by molar-refractivity contribution is -0.156. The SMILES string of the molecule is CC(C)CC1C(=O)OC(=O)C1(CC(C)C)CC(C)C.CCCCCC1CC(=O)OC1=O. The third kappa shape index (κ3) is 8.04. The van der Waals surface area contributed by atoms with E-state index in [0.717, 1.165) is 44.9 Å². The lowest BCUT2D eigenvalue weighted by atomic mass is 9.65. The number of hydrogen-bond acceptors (Lipinski definition) is 6. The Morgan fingerprint density at radius 2 is 1.42 bits per heavy atom. The molecule has 2 saturated heterocycles. The third-order valence-electron chi connectivity index (χ3n) is 5.92. The van der Waals surface area contributed by atoms with E-state index >= 15 is 0 Å². The van der Waals surface area contributed by atoms with Gasteiger partial charge < -0.3 is 9.47 Å². The minimum absolute atomic E-state index is 0.149. The zero-order valence-electron chi connectivity index (χ0n) is 20.5. The second kappa shape index (κ2) is 12.4. The van der Waals surface area contributed by atoms with E-state index in [4.69, 9.17) is 4.74 Å². The Morgan fingerprint density at radius 1 is 0.839 bits per heavy atom. The summed E-state index contributed by atoms with van der Waals surface area (Å²) in [5, 5.41) is 0. The van der Waals surface area contributed by atoms with Crippen LogP contribution in [0.15, 0.2) is 0 Å². The van der Waals surface area contributed by atoms with Crippen molar-refractivity contribution in [2.45, 2.75) is 99.8 Å². The smallest absolute Gasteiger partial charge is 0.320 e. The number of carbonyl (C=O) groups is 4. The van der Waals surface area contributed by atoms with Gasteiger partial charge in [-0.15, -0.1) is 0 Å². The summed E-state index contributed by atoms with van der Waals surface area (Å²) < 4.78 is 9.44. The van der Waals surface area contributed by atoms with Crippen LogP contribution in [0.4, 0.5) is 0 Å². The molecule has 0 aromatic rings. The fraction of sp³-hybridized carbons (Fsp3) is 0.840. The molecule has 178 valence electrons. The number of ether oxygens (including phenoxy) is 2.